The van der Waals surface area contributed by atoms with E-state index in [9.17, 15) is 9.59 Å². The van der Waals surface area contributed by atoms with Gasteiger partial charge in [-0.25, -0.2) is 4.98 Å². The third-order valence-corrected chi connectivity index (χ3v) is 5.62. The standard InChI is InChI=1S/C21H14N2O3S/c24-19-18(27-21(25)23-19)10-12-5-8-17-16(9-12)22-20(26-17)15-7-6-13-3-1-2-4-14(13)11-15/h1-9,11,18H,10H2,(H,23,24,25). The second-order valence-corrected chi connectivity index (χ2v) is 7.65. The molecule has 1 atom stereocenters. The Morgan fingerprint density at radius 1 is 1.00 bits per heavy atom. The number of aromatic nitrogens is 1. The van der Waals surface area contributed by atoms with Crippen LogP contribution < -0.4 is 5.32 Å². The zero-order valence-electron chi connectivity index (χ0n) is 14.1. The first-order valence-corrected chi connectivity index (χ1v) is 9.44. The van der Waals surface area contributed by atoms with Crippen molar-refractivity contribution in [3.8, 4) is 11.5 Å². The average Bonchev–Trinajstić information content (AvgIpc) is 3.23. The summed E-state index contributed by atoms with van der Waals surface area (Å²) in [4.78, 5) is 27.7. The Balaban J connectivity index is 1.48. The molecule has 0 radical (unpaired) electrons. The van der Waals surface area contributed by atoms with Gasteiger partial charge in [0, 0.05) is 5.56 Å². The lowest BCUT2D eigenvalue weighted by atomic mass is 10.1. The van der Waals surface area contributed by atoms with Gasteiger partial charge in [0.1, 0.15) is 5.52 Å². The Morgan fingerprint density at radius 3 is 2.67 bits per heavy atom. The molecule has 0 saturated carbocycles. The smallest absolute Gasteiger partial charge is 0.286 e. The average molecular weight is 374 g/mol. The van der Waals surface area contributed by atoms with Crippen LogP contribution >= 0.6 is 11.8 Å². The fourth-order valence-electron chi connectivity index (χ4n) is 3.29. The number of carbonyl (C=O) groups excluding carboxylic acids is 2. The summed E-state index contributed by atoms with van der Waals surface area (Å²) >= 11 is 1.03. The summed E-state index contributed by atoms with van der Waals surface area (Å²) in [5, 5.41) is 3.94. The van der Waals surface area contributed by atoms with Crippen molar-refractivity contribution in [1.82, 2.24) is 10.3 Å². The first kappa shape index (κ1) is 16.1. The van der Waals surface area contributed by atoms with Gasteiger partial charge in [-0.1, -0.05) is 48.2 Å². The molecule has 4 aromatic rings. The minimum absolute atomic E-state index is 0.234. The van der Waals surface area contributed by atoms with Crippen molar-refractivity contribution in [1.29, 1.82) is 0 Å². The largest absolute Gasteiger partial charge is 0.436 e. The van der Waals surface area contributed by atoms with Gasteiger partial charge in [0.05, 0.1) is 5.25 Å². The van der Waals surface area contributed by atoms with Crippen LogP contribution in [0.3, 0.4) is 0 Å². The van der Waals surface area contributed by atoms with Crippen LogP contribution in [0, 0.1) is 0 Å². The summed E-state index contributed by atoms with van der Waals surface area (Å²) in [5.74, 6) is 0.332. The number of nitrogens with zero attached hydrogens (tertiary/aromatic N) is 1. The normalized spacial score (nSPS) is 17.0. The molecule has 1 aromatic heterocycles. The van der Waals surface area contributed by atoms with Crippen molar-refractivity contribution >= 4 is 44.8 Å². The van der Waals surface area contributed by atoms with Crippen molar-refractivity contribution in [2.45, 2.75) is 11.7 Å². The number of carbonyl (C=O) groups is 2. The maximum atomic E-state index is 11.8. The summed E-state index contributed by atoms with van der Waals surface area (Å²) in [6, 6.07) is 20.0. The zero-order chi connectivity index (χ0) is 18.4. The van der Waals surface area contributed by atoms with Crippen molar-refractivity contribution in [3.05, 3.63) is 66.2 Å². The van der Waals surface area contributed by atoms with Gasteiger partial charge in [-0.15, -0.1) is 0 Å². The summed E-state index contributed by atoms with van der Waals surface area (Å²) in [6.45, 7) is 0. The van der Waals surface area contributed by atoms with Gasteiger partial charge in [0.15, 0.2) is 5.58 Å². The van der Waals surface area contributed by atoms with Crippen LogP contribution in [0.4, 0.5) is 4.79 Å². The van der Waals surface area contributed by atoms with E-state index in [1.165, 1.54) is 5.39 Å². The molecule has 0 spiro atoms. The van der Waals surface area contributed by atoms with Crippen LogP contribution in [0.25, 0.3) is 33.3 Å². The monoisotopic (exact) mass is 374 g/mol. The number of benzene rings is 3. The molecular formula is C21H14N2O3S. The quantitative estimate of drug-likeness (QED) is 0.570. The van der Waals surface area contributed by atoms with E-state index in [0.29, 0.717) is 17.9 Å². The third-order valence-electron chi connectivity index (χ3n) is 4.64. The molecular weight excluding hydrogens is 360 g/mol. The van der Waals surface area contributed by atoms with Crippen LogP contribution in [0.2, 0.25) is 0 Å². The van der Waals surface area contributed by atoms with Crippen molar-refractivity contribution in [2.75, 3.05) is 0 Å². The molecule has 1 N–H and O–H groups in total. The zero-order valence-corrected chi connectivity index (χ0v) is 15.0. The number of thioether (sulfide) groups is 1. The van der Waals surface area contributed by atoms with Crippen LogP contribution in [0.15, 0.2) is 65.1 Å². The SMILES string of the molecule is O=C1NC(=O)C(Cc2ccc3oc(-c4ccc5ccccc5c4)nc3c2)S1. The van der Waals surface area contributed by atoms with E-state index in [1.54, 1.807) is 0 Å². The number of amides is 2. The van der Waals surface area contributed by atoms with E-state index >= 15 is 0 Å². The minimum atomic E-state index is -0.387. The molecule has 1 saturated heterocycles. The van der Waals surface area contributed by atoms with E-state index in [1.807, 2.05) is 36.4 Å². The van der Waals surface area contributed by atoms with E-state index < -0.39 is 0 Å². The molecule has 1 aliphatic heterocycles. The van der Waals surface area contributed by atoms with Gasteiger partial charge in [-0.05, 0) is 47.0 Å². The molecule has 5 rings (SSSR count). The molecule has 2 amide bonds. The molecule has 1 unspecified atom stereocenters. The van der Waals surface area contributed by atoms with Crippen molar-refractivity contribution in [2.24, 2.45) is 0 Å². The van der Waals surface area contributed by atoms with E-state index in [4.69, 9.17) is 4.42 Å². The van der Waals surface area contributed by atoms with Crippen LogP contribution in [0.1, 0.15) is 5.56 Å². The summed E-state index contributed by atoms with van der Waals surface area (Å²) in [7, 11) is 0. The molecule has 3 aromatic carbocycles. The van der Waals surface area contributed by atoms with Crippen LogP contribution in [-0.2, 0) is 11.2 Å². The topological polar surface area (TPSA) is 72.2 Å². The number of rotatable bonds is 3. The maximum absolute atomic E-state index is 11.8. The summed E-state index contributed by atoms with van der Waals surface area (Å²) in [6.07, 6.45) is 0.482. The highest BCUT2D eigenvalue weighted by atomic mass is 32.2. The summed E-state index contributed by atoms with van der Waals surface area (Å²) < 4.78 is 5.92. The molecule has 27 heavy (non-hydrogen) atoms. The number of imide groups is 1. The second-order valence-electron chi connectivity index (χ2n) is 6.47. The highest BCUT2D eigenvalue weighted by Gasteiger charge is 2.31. The Labute approximate surface area is 158 Å². The van der Waals surface area contributed by atoms with Gasteiger partial charge >= 0.3 is 0 Å². The van der Waals surface area contributed by atoms with E-state index in [2.05, 4.69) is 34.6 Å². The Morgan fingerprint density at radius 2 is 1.85 bits per heavy atom. The van der Waals surface area contributed by atoms with Gasteiger partial charge in [-0.3, -0.25) is 14.9 Å². The van der Waals surface area contributed by atoms with Gasteiger partial charge in [-0.2, -0.15) is 0 Å². The summed E-state index contributed by atoms with van der Waals surface area (Å²) in [5.41, 5.74) is 3.30. The highest BCUT2D eigenvalue weighted by Crippen LogP contribution is 2.29. The first-order chi connectivity index (χ1) is 13.2. The van der Waals surface area contributed by atoms with Gasteiger partial charge in [0.25, 0.3) is 5.24 Å². The molecule has 0 bridgehead atoms. The van der Waals surface area contributed by atoms with Crippen molar-refractivity contribution < 1.29 is 14.0 Å². The number of fused-ring (bicyclic) bond motifs is 2. The van der Waals surface area contributed by atoms with Crippen molar-refractivity contribution in [3.63, 3.8) is 0 Å². The lowest BCUT2D eigenvalue weighted by molar-refractivity contribution is -0.118. The fraction of sp³-hybridized carbons (Fsp3) is 0.0952. The molecule has 2 heterocycles. The Bertz CT molecular complexity index is 1210. The van der Waals surface area contributed by atoms with Crippen LogP contribution in [0.5, 0.6) is 0 Å². The molecule has 132 valence electrons. The van der Waals surface area contributed by atoms with Crippen LogP contribution in [-0.4, -0.2) is 21.4 Å². The fourth-order valence-corrected chi connectivity index (χ4v) is 4.15. The van der Waals surface area contributed by atoms with Gasteiger partial charge < -0.3 is 4.42 Å². The lowest BCUT2D eigenvalue weighted by Gasteiger charge is -2.04. The number of oxazole rings is 1. The number of nitrogens with one attached hydrogen (secondary N) is 1. The molecule has 1 fully saturated rings. The molecule has 6 heteroatoms. The molecule has 5 nitrogen and oxygen atoms in total. The highest BCUT2D eigenvalue weighted by molar-refractivity contribution is 8.15. The predicted octanol–water partition coefficient (Wildman–Crippen LogP) is 4.54. The minimum Gasteiger partial charge on any atom is -0.436 e. The predicted molar refractivity (Wildman–Crippen MR) is 106 cm³/mol. The maximum Gasteiger partial charge on any atom is 0.286 e. The number of hydrogen-bond donors (Lipinski definition) is 1. The molecule has 1 aliphatic rings. The van der Waals surface area contributed by atoms with Gasteiger partial charge in [0.2, 0.25) is 11.8 Å². The second kappa shape index (κ2) is 6.25. The number of hydrogen-bond acceptors (Lipinski definition) is 5. The Hall–Kier alpha value is -3.12. The van der Waals surface area contributed by atoms with E-state index in [-0.39, 0.29) is 16.4 Å². The Kier molecular flexibility index (Phi) is 3.72. The third kappa shape index (κ3) is 2.98. The lowest BCUT2D eigenvalue weighted by Crippen LogP contribution is -2.25. The first-order valence-electron chi connectivity index (χ1n) is 8.56. The molecule has 0 aliphatic carbocycles. The van der Waals surface area contributed by atoms with E-state index in [0.717, 1.165) is 33.8 Å².